The van der Waals surface area contributed by atoms with E-state index in [2.05, 4.69) is 4.98 Å². The highest BCUT2D eigenvalue weighted by Gasteiger charge is 2.18. The van der Waals surface area contributed by atoms with Gasteiger partial charge in [0.15, 0.2) is 11.5 Å². The van der Waals surface area contributed by atoms with Crippen LogP contribution in [0.4, 0.5) is 0 Å². The number of pyridine rings is 1. The molecular weight excluding hydrogens is 328 g/mol. The summed E-state index contributed by atoms with van der Waals surface area (Å²) < 4.78 is 10.7. The first-order valence-electron chi connectivity index (χ1n) is 7.53. The summed E-state index contributed by atoms with van der Waals surface area (Å²) >= 11 is 6.31. The fourth-order valence-corrected chi connectivity index (χ4v) is 3.18. The van der Waals surface area contributed by atoms with Gasteiger partial charge in [0, 0.05) is 17.6 Å². The number of nitrogens with two attached hydrogens (primary N) is 1. The molecule has 1 atom stereocenters. The third kappa shape index (κ3) is 2.52. The SMILES string of the molecule is NC(Cc1cc(Cl)c2cccnc2c1O)c1ccc2c(c1)OCO2. The normalized spacial score (nSPS) is 14.1. The van der Waals surface area contributed by atoms with Gasteiger partial charge in [0.2, 0.25) is 6.79 Å². The summed E-state index contributed by atoms with van der Waals surface area (Å²) in [6.07, 6.45) is 2.05. The van der Waals surface area contributed by atoms with Crippen LogP contribution < -0.4 is 15.2 Å². The van der Waals surface area contributed by atoms with Gasteiger partial charge in [-0.25, -0.2) is 0 Å². The second-order valence-corrected chi connectivity index (χ2v) is 6.10. The molecule has 1 unspecified atom stereocenters. The monoisotopic (exact) mass is 342 g/mol. The molecule has 2 aromatic carbocycles. The van der Waals surface area contributed by atoms with E-state index in [9.17, 15) is 5.11 Å². The van der Waals surface area contributed by atoms with Gasteiger partial charge in [0.05, 0.1) is 5.02 Å². The molecular formula is C18H15ClN2O3. The number of benzene rings is 2. The van der Waals surface area contributed by atoms with Crippen molar-refractivity contribution in [3.8, 4) is 17.2 Å². The Balaban J connectivity index is 1.67. The standard InChI is InChI=1S/C18H15ClN2O3/c19-13-6-11(18(22)17-12(13)2-1-5-21-17)7-14(20)10-3-4-15-16(8-10)24-9-23-15/h1-6,8,14,22H,7,9,20H2. The minimum Gasteiger partial charge on any atom is -0.505 e. The lowest BCUT2D eigenvalue weighted by Gasteiger charge is -2.15. The average molecular weight is 343 g/mol. The van der Waals surface area contributed by atoms with Crippen LogP contribution in [-0.4, -0.2) is 16.9 Å². The lowest BCUT2D eigenvalue weighted by atomic mass is 9.97. The van der Waals surface area contributed by atoms with Crippen LogP contribution in [0.5, 0.6) is 17.2 Å². The van der Waals surface area contributed by atoms with Crippen molar-refractivity contribution in [2.45, 2.75) is 12.5 Å². The Bertz CT molecular complexity index is 930. The summed E-state index contributed by atoms with van der Waals surface area (Å²) in [5, 5.41) is 11.8. The van der Waals surface area contributed by atoms with Crippen LogP contribution in [0.1, 0.15) is 17.2 Å². The van der Waals surface area contributed by atoms with Crippen molar-refractivity contribution in [3.05, 3.63) is 58.7 Å². The fraction of sp³-hybridized carbons (Fsp3) is 0.167. The smallest absolute Gasteiger partial charge is 0.231 e. The molecule has 0 radical (unpaired) electrons. The van der Waals surface area contributed by atoms with Gasteiger partial charge < -0.3 is 20.3 Å². The molecule has 0 aliphatic carbocycles. The molecule has 5 nitrogen and oxygen atoms in total. The number of halogens is 1. The predicted octanol–water partition coefficient (Wildman–Crippen LogP) is 3.57. The zero-order chi connectivity index (χ0) is 16.7. The van der Waals surface area contributed by atoms with Crippen LogP contribution >= 0.6 is 11.6 Å². The van der Waals surface area contributed by atoms with E-state index in [-0.39, 0.29) is 18.6 Å². The average Bonchev–Trinajstić information content (AvgIpc) is 3.07. The first-order valence-corrected chi connectivity index (χ1v) is 7.91. The third-order valence-corrected chi connectivity index (χ3v) is 4.47. The number of aromatic hydroxyl groups is 1. The molecule has 122 valence electrons. The number of hydrogen-bond donors (Lipinski definition) is 2. The van der Waals surface area contributed by atoms with Crippen molar-refractivity contribution in [2.75, 3.05) is 6.79 Å². The topological polar surface area (TPSA) is 77.6 Å². The second-order valence-electron chi connectivity index (χ2n) is 5.69. The Labute approximate surface area is 143 Å². The van der Waals surface area contributed by atoms with E-state index in [4.69, 9.17) is 26.8 Å². The fourth-order valence-electron chi connectivity index (χ4n) is 2.89. The highest BCUT2D eigenvalue weighted by Crippen LogP contribution is 2.37. The Morgan fingerprint density at radius 2 is 2.04 bits per heavy atom. The summed E-state index contributed by atoms with van der Waals surface area (Å²) in [6, 6.07) is 10.6. The van der Waals surface area contributed by atoms with Crippen molar-refractivity contribution in [1.29, 1.82) is 0 Å². The number of nitrogens with zero attached hydrogens (tertiary/aromatic N) is 1. The first-order chi connectivity index (χ1) is 11.6. The van der Waals surface area contributed by atoms with E-state index >= 15 is 0 Å². The summed E-state index contributed by atoms with van der Waals surface area (Å²) in [5.74, 6) is 1.52. The van der Waals surface area contributed by atoms with Gasteiger partial charge >= 0.3 is 0 Å². The van der Waals surface area contributed by atoms with Gasteiger partial charge in [0.1, 0.15) is 11.3 Å². The summed E-state index contributed by atoms with van der Waals surface area (Å²) in [7, 11) is 0. The molecule has 2 heterocycles. The summed E-state index contributed by atoms with van der Waals surface area (Å²) in [4.78, 5) is 4.22. The largest absolute Gasteiger partial charge is 0.505 e. The van der Waals surface area contributed by atoms with E-state index < -0.39 is 0 Å². The molecule has 4 rings (SSSR count). The highest BCUT2D eigenvalue weighted by molar-refractivity contribution is 6.35. The number of rotatable bonds is 3. The molecule has 0 fully saturated rings. The van der Waals surface area contributed by atoms with Crippen molar-refractivity contribution < 1.29 is 14.6 Å². The molecule has 24 heavy (non-hydrogen) atoms. The number of phenolic OH excluding ortho intramolecular Hbond substituents is 1. The number of hydrogen-bond acceptors (Lipinski definition) is 5. The quantitative estimate of drug-likeness (QED) is 0.761. The van der Waals surface area contributed by atoms with E-state index in [0.717, 1.165) is 10.9 Å². The Hall–Kier alpha value is -2.50. The van der Waals surface area contributed by atoms with E-state index in [1.54, 1.807) is 18.3 Å². The maximum atomic E-state index is 10.5. The predicted molar refractivity (Wildman–Crippen MR) is 91.6 cm³/mol. The molecule has 1 aliphatic rings. The summed E-state index contributed by atoms with van der Waals surface area (Å²) in [6.45, 7) is 0.223. The summed E-state index contributed by atoms with van der Waals surface area (Å²) in [5.41, 5.74) is 8.36. The third-order valence-electron chi connectivity index (χ3n) is 4.16. The van der Waals surface area contributed by atoms with Crippen LogP contribution in [0.25, 0.3) is 10.9 Å². The van der Waals surface area contributed by atoms with Gasteiger partial charge in [-0.2, -0.15) is 0 Å². The van der Waals surface area contributed by atoms with Crippen molar-refractivity contribution >= 4 is 22.5 Å². The molecule has 0 spiro atoms. The molecule has 0 saturated heterocycles. The zero-order valence-electron chi connectivity index (χ0n) is 12.7. The van der Waals surface area contributed by atoms with Crippen molar-refractivity contribution in [1.82, 2.24) is 4.98 Å². The molecule has 6 heteroatoms. The Kier molecular flexibility index (Phi) is 3.67. The maximum absolute atomic E-state index is 10.5. The number of ether oxygens (including phenoxy) is 2. The van der Waals surface area contributed by atoms with Gasteiger partial charge in [0.25, 0.3) is 0 Å². The van der Waals surface area contributed by atoms with Crippen molar-refractivity contribution in [3.63, 3.8) is 0 Å². The molecule has 0 bridgehead atoms. The molecule has 3 aromatic rings. The lowest BCUT2D eigenvalue weighted by Crippen LogP contribution is -2.13. The number of phenols is 1. The molecule has 0 saturated carbocycles. The van der Waals surface area contributed by atoms with Crippen LogP contribution in [0.2, 0.25) is 5.02 Å². The van der Waals surface area contributed by atoms with Gasteiger partial charge in [-0.05, 0) is 47.9 Å². The Morgan fingerprint density at radius 1 is 1.21 bits per heavy atom. The second kappa shape index (κ2) is 5.85. The zero-order valence-corrected chi connectivity index (χ0v) is 13.5. The maximum Gasteiger partial charge on any atom is 0.231 e. The Morgan fingerprint density at radius 3 is 2.92 bits per heavy atom. The molecule has 0 amide bonds. The van der Waals surface area contributed by atoms with Crippen LogP contribution in [-0.2, 0) is 6.42 Å². The van der Waals surface area contributed by atoms with E-state index in [1.165, 1.54) is 0 Å². The van der Waals surface area contributed by atoms with E-state index in [1.807, 2.05) is 24.3 Å². The van der Waals surface area contributed by atoms with Crippen molar-refractivity contribution in [2.24, 2.45) is 5.73 Å². The van der Waals surface area contributed by atoms with Gasteiger partial charge in [-0.3, -0.25) is 4.98 Å². The lowest BCUT2D eigenvalue weighted by molar-refractivity contribution is 0.174. The minimum absolute atomic E-state index is 0.117. The molecule has 3 N–H and O–H groups in total. The van der Waals surface area contributed by atoms with Crippen LogP contribution in [0.15, 0.2) is 42.6 Å². The number of aromatic nitrogens is 1. The van der Waals surface area contributed by atoms with Crippen LogP contribution in [0, 0.1) is 0 Å². The van der Waals surface area contributed by atoms with Gasteiger partial charge in [-0.1, -0.05) is 17.7 Å². The highest BCUT2D eigenvalue weighted by atomic mass is 35.5. The minimum atomic E-state index is -0.317. The molecule has 1 aromatic heterocycles. The molecule has 1 aliphatic heterocycles. The number of fused-ring (bicyclic) bond motifs is 2. The van der Waals surface area contributed by atoms with E-state index in [0.29, 0.717) is 34.0 Å². The first kappa shape index (κ1) is 15.1. The van der Waals surface area contributed by atoms with Crippen LogP contribution in [0.3, 0.4) is 0 Å². The van der Waals surface area contributed by atoms with Gasteiger partial charge in [-0.15, -0.1) is 0 Å².